The Morgan fingerprint density at radius 2 is 1.81 bits per heavy atom. The normalized spacial score (nSPS) is 26.2. The summed E-state index contributed by atoms with van der Waals surface area (Å²) < 4.78 is 0. The van der Waals surface area contributed by atoms with Crippen molar-refractivity contribution in [3.63, 3.8) is 0 Å². The molecular weight excluding hydrogens is 268 g/mol. The van der Waals surface area contributed by atoms with Gasteiger partial charge in [0, 0.05) is 36.8 Å². The molecule has 0 atom stereocenters. The second-order valence-corrected chi connectivity index (χ2v) is 5.83. The lowest BCUT2D eigenvalue weighted by molar-refractivity contribution is -0.141. The Morgan fingerprint density at radius 3 is 2.43 bits per heavy atom. The third-order valence-corrected chi connectivity index (χ3v) is 4.28. The second kappa shape index (κ2) is 5.79. The highest BCUT2D eigenvalue weighted by Crippen LogP contribution is 2.28. The van der Waals surface area contributed by atoms with E-state index in [4.69, 9.17) is 0 Å². The van der Waals surface area contributed by atoms with E-state index in [0.29, 0.717) is 24.8 Å². The summed E-state index contributed by atoms with van der Waals surface area (Å²) in [6, 6.07) is 2.27. The van der Waals surface area contributed by atoms with Crippen LogP contribution in [0.3, 0.4) is 0 Å². The molecule has 6 nitrogen and oxygen atoms in total. The summed E-state index contributed by atoms with van der Waals surface area (Å²) in [6.45, 7) is 1.94. The fraction of sp³-hybridized carbons (Fsp3) is 0.600. The van der Waals surface area contributed by atoms with Gasteiger partial charge in [0.15, 0.2) is 0 Å². The first-order valence-electron chi connectivity index (χ1n) is 7.54. The molecule has 0 bridgehead atoms. The number of nitrogens with one attached hydrogen (secondary N) is 1. The first-order chi connectivity index (χ1) is 10.1. The van der Waals surface area contributed by atoms with Gasteiger partial charge < -0.3 is 5.32 Å². The Hall–Kier alpha value is -1.98. The number of amides is 2. The molecule has 1 aliphatic carbocycles. The van der Waals surface area contributed by atoms with Gasteiger partial charge in [0.05, 0.1) is 0 Å². The summed E-state index contributed by atoms with van der Waals surface area (Å²) in [5.41, 5.74) is 0.939. The van der Waals surface area contributed by atoms with E-state index in [2.05, 4.69) is 15.3 Å². The van der Waals surface area contributed by atoms with Crippen LogP contribution in [0, 0.1) is 6.92 Å². The Labute approximate surface area is 124 Å². The van der Waals surface area contributed by atoms with E-state index in [1.165, 1.54) is 4.90 Å². The van der Waals surface area contributed by atoms with Gasteiger partial charge in [0.1, 0.15) is 0 Å². The maximum Gasteiger partial charge on any atom is 0.229 e. The fourth-order valence-electron chi connectivity index (χ4n) is 3.18. The Kier molecular flexibility index (Phi) is 3.86. The molecule has 0 radical (unpaired) electrons. The molecule has 2 fully saturated rings. The molecule has 3 rings (SSSR count). The quantitative estimate of drug-likeness (QED) is 0.856. The van der Waals surface area contributed by atoms with Crippen molar-refractivity contribution in [2.45, 2.75) is 57.5 Å². The number of carbonyl (C=O) groups excluding carboxylic acids is 2. The van der Waals surface area contributed by atoms with Gasteiger partial charge in [0.2, 0.25) is 17.8 Å². The van der Waals surface area contributed by atoms with E-state index < -0.39 is 0 Å². The van der Waals surface area contributed by atoms with Gasteiger partial charge in [0.25, 0.3) is 0 Å². The average Bonchev–Trinajstić information content (AvgIpc) is 2.79. The first-order valence-corrected chi connectivity index (χ1v) is 7.54. The minimum absolute atomic E-state index is 0.00146. The predicted octanol–water partition coefficient (Wildman–Crippen LogP) is 1.66. The van der Waals surface area contributed by atoms with Crippen molar-refractivity contribution >= 4 is 17.8 Å². The first kappa shape index (κ1) is 14.0. The molecule has 112 valence electrons. The molecule has 6 heteroatoms. The molecule has 1 aromatic rings. The number of aryl methyl sites for hydroxylation is 1. The number of anilines is 1. The summed E-state index contributed by atoms with van der Waals surface area (Å²) in [6.07, 6.45) is 6.10. The smallest absolute Gasteiger partial charge is 0.229 e. The van der Waals surface area contributed by atoms with E-state index in [1.807, 2.05) is 13.0 Å². The lowest BCUT2D eigenvalue weighted by atomic mass is 9.90. The summed E-state index contributed by atoms with van der Waals surface area (Å²) in [5, 5.41) is 3.34. The monoisotopic (exact) mass is 288 g/mol. The van der Waals surface area contributed by atoms with E-state index in [1.54, 1.807) is 6.20 Å². The van der Waals surface area contributed by atoms with Crippen LogP contribution in [0.5, 0.6) is 0 Å². The maximum absolute atomic E-state index is 11.8. The molecule has 1 aromatic heterocycles. The number of rotatable bonds is 3. The van der Waals surface area contributed by atoms with Crippen LogP contribution >= 0.6 is 0 Å². The molecule has 0 unspecified atom stereocenters. The second-order valence-electron chi connectivity index (χ2n) is 5.83. The van der Waals surface area contributed by atoms with Crippen molar-refractivity contribution in [2.75, 3.05) is 5.32 Å². The largest absolute Gasteiger partial charge is 0.351 e. The zero-order chi connectivity index (χ0) is 14.8. The van der Waals surface area contributed by atoms with Gasteiger partial charge in [-0.25, -0.2) is 9.97 Å². The summed E-state index contributed by atoms with van der Waals surface area (Å²) in [4.78, 5) is 33.6. The van der Waals surface area contributed by atoms with Crippen molar-refractivity contribution in [3.8, 4) is 0 Å². The summed E-state index contributed by atoms with van der Waals surface area (Å²) in [7, 11) is 0. The third kappa shape index (κ3) is 3.04. The van der Waals surface area contributed by atoms with E-state index in [-0.39, 0.29) is 17.9 Å². The van der Waals surface area contributed by atoms with Gasteiger partial charge in [-0.15, -0.1) is 0 Å². The third-order valence-electron chi connectivity index (χ3n) is 4.28. The molecule has 2 aliphatic rings. The molecule has 1 saturated carbocycles. The molecule has 2 heterocycles. The molecule has 1 N–H and O–H groups in total. The van der Waals surface area contributed by atoms with Crippen molar-refractivity contribution in [1.82, 2.24) is 14.9 Å². The minimum atomic E-state index is -0.00146. The standard InChI is InChI=1S/C15H20N4O2/c1-10-8-9-16-15(17-10)18-11-2-4-12(5-3-11)19-13(20)6-7-14(19)21/h8-9,11-12H,2-7H2,1H3,(H,16,17,18). The lowest BCUT2D eigenvalue weighted by Crippen LogP contribution is -2.43. The van der Waals surface area contributed by atoms with Crippen LogP contribution in [0.15, 0.2) is 12.3 Å². The number of likely N-dealkylation sites (tertiary alicyclic amines) is 1. The number of hydrogen-bond donors (Lipinski definition) is 1. The van der Waals surface area contributed by atoms with Crippen LogP contribution in [-0.4, -0.2) is 38.8 Å². The van der Waals surface area contributed by atoms with E-state index >= 15 is 0 Å². The minimum Gasteiger partial charge on any atom is -0.351 e. The molecule has 2 amide bonds. The zero-order valence-corrected chi connectivity index (χ0v) is 12.2. The van der Waals surface area contributed by atoms with Crippen LogP contribution in [0.4, 0.5) is 5.95 Å². The van der Waals surface area contributed by atoms with Crippen LogP contribution < -0.4 is 5.32 Å². The highest BCUT2D eigenvalue weighted by molar-refractivity contribution is 6.02. The van der Waals surface area contributed by atoms with Crippen LogP contribution in [0.25, 0.3) is 0 Å². The number of aromatic nitrogens is 2. The van der Waals surface area contributed by atoms with E-state index in [9.17, 15) is 9.59 Å². The molecule has 0 aromatic carbocycles. The average molecular weight is 288 g/mol. The number of hydrogen-bond acceptors (Lipinski definition) is 5. The topological polar surface area (TPSA) is 75.2 Å². The van der Waals surface area contributed by atoms with Crippen molar-refractivity contribution in [3.05, 3.63) is 18.0 Å². The van der Waals surface area contributed by atoms with Gasteiger partial charge in [-0.1, -0.05) is 0 Å². The SMILES string of the molecule is Cc1ccnc(NC2CCC(N3C(=O)CCC3=O)CC2)n1. The molecule has 0 spiro atoms. The van der Waals surface area contributed by atoms with E-state index in [0.717, 1.165) is 31.4 Å². The van der Waals surface area contributed by atoms with Gasteiger partial charge in [-0.2, -0.15) is 0 Å². The molecule has 21 heavy (non-hydrogen) atoms. The number of imide groups is 1. The Balaban J connectivity index is 1.55. The van der Waals surface area contributed by atoms with Gasteiger partial charge in [-0.3, -0.25) is 14.5 Å². The Bertz CT molecular complexity index is 536. The number of nitrogens with zero attached hydrogens (tertiary/aromatic N) is 3. The summed E-state index contributed by atoms with van der Waals surface area (Å²) >= 11 is 0. The number of carbonyl (C=O) groups is 2. The van der Waals surface area contributed by atoms with Gasteiger partial charge >= 0.3 is 0 Å². The zero-order valence-electron chi connectivity index (χ0n) is 12.2. The molecule has 1 aliphatic heterocycles. The highest BCUT2D eigenvalue weighted by Gasteiger charge is 2.36. The van der Waals surface area contributed by atoms with Crippen molar-refractivity contribution in [2.24, 2.45) is 0 Å². The van der Waals surface area contributed by atoms with Crippen LogP contribution in [0.2, 0.25) is 0 Å². The van der Waals surface area contributed by atoms with Crippen LogP contribution in [-0.2, 0) is 9.59 Å². The molecule has 1 saturated heterocycles. The molecular formula is C15H20N4O2. The fourth-order valence-corrected chi connectivity index (χ4v) is 3.18. The lowest BCUT2D eigenvalue weighted by Gasteiger charge is -2.33. The van der Waals surface area contributed by atoms with Gasteiger partial charge in [-0.05, 0) is 38.7 Å². The van der Waals surface area contributed by atoms with Crippen molar-refractivity contribution in [1.29, 1.82) is 0 Å². The van der Waals surface area contributed by atoms with Crippen molar-refractivity contribution < 1.29 is 9.59 Å². The highest BCUT2D eigenvalue weighted by atomic mass is 16.2. The maximum atomic E-state index is 11.8. The van der Waals surface area contributed by atoms with Crippen LogP contribution in [0.1, 0.15) is 44.2 Å². The summed E-state index contributed by atoms with van der Waals surface area (Å²) in [5.74, 6) is 0.656. The Morgan fingerprint density at radius 1 is 1.14 bits per heavy atom. The predicted molar refractivity (Wildman–Crippen MR) is 77.5 cm³/mol.